The van der Waals surface area contributed by atoms with Crippen molar-refractivity contribution in [3.05, 3.63) is 60.8 Å². The van der Waals surface area contributed by atoms with Crippen LogP contribution in [-0.4, -0.2) is 81.9 Å². The number of hydrogen-bond donors (Lipinski definition) is 0. The molecule has 0 radical (unpaired) electrons. The zero-order valence-electron chi connectivity index (χ0n) is 26.7. The Labute approximate surface area is 264 Å². The lowest BCUT2D eigenvalue weighted by molar-refractivity contribution is 0.0152. The van der Waals surface area contributed by atoms with Gasteiger partial charge >= 0.3 is 6.09 Å². The van der Waals surface area contributed by atoms with E-state index in [1.165, 1.54) is 0 Å². The number of thiazole rings is 1. The number of amides is 1. The van der Waals surface area contributed by atoms with Crippen LogP contribution < -0.4 is 9.80 Å². The van der Waals surface area contributed by atoms with E-state index < -0.39 is 11.7 Å². The number of pyridine rings is 1. The molecule has 0 aliphatic rings. The van der Waals surface area contributed by atoms with Crippen molar-refractivity contribution in [1.82, 2.24) is 9.97 Å². The van der Waals surface area contributed by atoms with Crippen LogP contribution in [0, 0.1) is 0 Å². The van der Waals surface area contributed by atoms with Crippen LogP contribution in [0.5, 0.6) is 0 Å². The number of benzene rings is 2. The van der Waals surface area contributed by atoms with Crippen LogP contribution in [0.2, 0.25) is 0 Å². The summed E-state index contributed by atoms with van der Waals surface area (Å²) in [6, 6.07) is 18.3. The van der Waals surface area contributed by atoms with Gasteiger partial charge in [-0.2, -0.15) is 0 Å². The minimum absolute atomic E-state index is 0.345. The van der Waals surface area contributed by atoms with Crippen molar-refractivity contribution >= 4 is 39.2 Å². The minimum atomic E-state index is -0.623. The van der Waals surface area contributed by atoms with Gasteiger partial charge in [0.15, 0.2) is 0 Å². The first-order valence-electron chi connectivity index (χ1n) is 15.0. The van der Waals surface area contributed by atoms with Crippen molar-refractivity contribution in [2.45, 2.75) is 39.7 Å². The summed E-state index contributed by atoms with van der Waals surface area (Å²) in [4.78, 5) is 26.2. The van der Waals surface area contributed by atoms with Gasteiger partial charge in [0.25, 0.3) is 0 Å². The van der Waals surface area contributed by atoms with Crippen LogP contribution in [0.3, 0.4) is 0 Å². The summed E-state index contributed by atoms with van der Waals surface area (Å²) in [5, 5.41) is 0.914. The SMILES string of the molecule is CCCOCCOCCOCCN(C(=O)OC(C)(C)C)c1ccc2nc(-c3ccc(-c4ccc(N(C)C)nc4)cc3)sc2c1. The Kier molecular flexibility index (Phi) is 12.1. The molecule has 0 aliphatic carbocycles. The van der Waals surface area contributed by atoms with Crippen LogP contribution >= 0.6 is 11.3 Å². The van der Waals surface area contributed by atoms with E-state index in [0.29, 0.717) is 39.6 Å². The Morgan fingerprint density at radius 2 is 1.45 bits per heavy atom. The zero-order chi connectivity index (χ0) is 31.5. The molecule has 4 aromatic rings. The molecule has 0 unspecified atom stereocenters. The first-order chi connectivity index (χ1) is 21.1. The highest BCUT2D eigenvalue weighted by atomic mass is 32.1. The summed E-state index contributed by atoms with van der Waals surface area (Å²) in [6.07, 6.45) is 2.47. The Morgan fingerprint density at radius 3 is 2.07 bits per heavy atom. The fourth-order valence-electron chi connectivity index (χ4n) is 4.32. The van der Waals surface area contributed by atoms with Crippen LogP contribution in [0.1, 0.15) is 34.1 Å². The molecule has 236 valence electrons. The average molecular weight is 621 g/mol. The van der Waals surface area contributed by atoms with E-state index in [2.05, 4.69) is 42.2 Å². The topological polar surface area (TPSA) is 86.2 Å². The first kappa shape index (κ1) is 33.3. The lowest BCUT2D eigenvalue weighted by Crippen LogP contribution is -2.39. The smallest absolute Gasteiger partial charge is 0.414 e. The molecule has 9 nitrogen and oxygen atoms in total. The van der Waals surface area contributed by atoms with Gasteiger partial charge in [0.1, 0.15) is 16.4 Å². The van der Waals surface area contributed by atoms with Crippen molar-refractivity contribution in [2.75, 3.05) is 70.1 Å². The summed E-state index contributed by atoms with van der Waals surface area (Å²) in [6.45, 7) is 11.1. The molecule has 2 heterocycles. The van der Waals surface area contributed by atoms with Gasteiger partial charge in [-0.15, -0.1) is 11.3 Å². The fraction of sp³-hybridized carbons (Fsp3) is 0.441. The molecule has 0 aliphatic heterocycles. The third kappa shape index (κ3) is 9.72. The molecule has 2 aromatic heterocycles. The lowest BCUT2D eigenvalue weighted by atomic mass is 10.1. The normalized spacial score (nSPS) is 11.6. The number of nitrogens with zero attached hydrogens (tertiary/aromatic N) is 4. The largest absolute Gasteiger partial charge is 0.443 e. The minimum Gasteiger partial charge on any atom is -0.443 e. The molecule has 10 heteroatoms. The number of hydrogen-bond acceptors (Lipinski definition) is 9. The molecule has 44 heavy (non-hydrogen) atoms. The Balaban J connectivity index is 1.42. The molecule has 0 atom stereocenters. The van der Waals surface area contributed by atoms with Crippen LogP contribution in [-0.2, 0) is 18.9 Å². The molecule has 0 N–H and O–H groups in total. The molecule has 0 saturated carbocycles. The van der Waals surface area contributed by atoms with Gasteiger partial charge in [0.2, 0.25) is 0 Å². The second-order valence-electron chi connectivity index (χ2n) is 11.5. The number of carbonyl (C=O) groups excluding carboxylic acids is 1. The maximum Gasteiger partial charge on any atom is 0.414 e. The second kappa shape index (κ2) is 15.9. The van der Waals surface area contributed by atoms with Gasteiger partial charge in [-0.25, -0.2) is 14.8 Å². The Morgan fingerprint density at radius 1 is 0.818 bits per heavy atom. The highest BCUT2D eigenvalue weighted by Crippen LogP contribution is 2.34. The van der Waals surface area contributed by atoms with Crippen LogP contribution in [0.25, 0.3) is 31.9 Å². The number of fused-ring (bicyclic) bond motifs is 1. The highest BCUT2D eigenvalue weighted by Gasteiger charge is 2.24. The summed E-state index contributed by atoms with van der Waals surface area (Å²) in [7, 11) is 3.96. The van der Waals surface area contributed by atoms with E-state index in [1.54, 1.807) is 16.2 Å². The summed E-state index contributed by atoms with van der Waals surface area (Å²) in [5.41, 5.74) is 4.18. The third-order valence-electron chi connectivity index (χ3n) is 6.52. The highest BCUT2D eigenvalue weighted by molar-refractivity contribution is 7.21. The predicted octanol–water partition coefficient (Wildman–Crippen LogP) is 7.29. The van der Waals surface area contributed by atoms with Crippen molar-refractivity contribution in [3.8, 4) is 21.7 Å². The van der Waals surface area contributed by atoms with Crippen LogP contribution in [0.15, 0.2) is 60.8 Å². The number of ether oxygens (including phenoxy) is 4. The third-order valence-corrected chi connectivity index (χ3v) is 7.59. The van der Waals surface area contributed by atoms with E-state index in [9.17, 15) is 4.79 Å². The van der Waals surface area contributed by atoms with Gasteiger partial charge in [0.05, 0.1) is 49.8 Å². The molecule has 4 rings (SSSR count). The molecule has 0 spiro atoms. The van der Waals surface area contributed by atoms with Gasteiger partial charge < -0.3 is 23.8 Å². The van der Waals surface area contributed by atoms with Crippen molar-refractivity contribution in [2.24, 2.45) is 0 Å². The number of rotatable bonds is 15. The molecule has 2 aromatic carbocycles. The summed E-state index contributed by atoms with van der Waals surface area (Å²) >= 11 is 1.59. The van der Waals surface area contributed by atoms with Gasteiger partial charge in [-0.05, 0) is 63.1 Å². The second-order valence-corrected chi connectivity index (χ2v) is 12.5. The predicted molar refractivity (Wildman–Crippen MR) is 179 cm³/mol. The monoisotopic (exact) mass is 620 g/mol. The molecular weight excluding hydrogens is 576 g/mol. The maximum absolute atomic E-state index is 13.2. The van der Waals surface area contributed by atoms with E-state index in [-0.39, 0.29) is 0 Å². The first-order valence-corrected chi connectivity index (χ1v) is 15.8. The van der Waals surface area contributed by atoms with E-state index in [4.69, 9.17) is 23.9 Å². The van der Waals surface area contributed by atoms with Crippen molar-refractivity contribution in [1.29, 1.82) is 0 Å². The average Bonchev–Trinajstić information content (AvgIpc) is 3.43. The van der Waals surface area contributed by atoms with E-state index in [0.717, 1.165) is 56.4 Å². The van der Waals surface area contributed by atoms with E-state index >= 15 is 0 Å². The lowest BCUT2D eigenvalue weighted by Gasteiger charge is -2.27. The molecular formula is C34H44N4O5S. The van der Waals surface area contributed by atoms with Gasteiger partial charge in [-0.1, -0.05) is 31.2 Å². The van der Waals surface area contributed by atoms with Crippen LogP contribution in [0.4, 0.5) is 16.3 Å². The number of carbonyl (C=O) groups is 1. The zero-order valence-corrected chi connectivity index (χ0v) is 27.5. The Bertz CT molecular complexity index is 1470. The standard InChI is InChI=1S/C34H44N4O5S/c1-7-17-40-19-21-42-22-20-41-18-16-38(33(39)43-34(2,3)4)28-13-14-29-30(23-28)44-32(36-29)26-10-8-25(9-11-26)27-12-15-31(35-24-27)37(5)6/h8-15,23-24H,7,16-22H2,1-6H3. The fourth-order valence-corrected chi connectivity index (χ4v) is 5.32. The molecule has 0 fully saturated rings. The Hall–Kier alpha value is -3.57. The van der Waals surface area contributed by atoms with E-state index in [1.807, 2.05) is 70.2 Å². The quantitative estimate of drug-likeness (QED) is 0.128. The molecule has 1 amide bonds. The maximum atomic E-state index is 13.2. The summed E-state index contributed by atoms with van der Waals surface area (Å²) in [5.74, 6) is 0.922. The van der Waals surface area contributed by atoms with Gasteiger partial charge in [0, 0.05) is 43.7 Å². The summed E-state index contributed by atoms with van der Waals surface area (Å²) < 4.78 is 23.4. The van der Waals surface area contributed by atoms with Crippen molar-refractivity contribution < 1.29 is 23.7 Å². The van der Waals surface area contributed by atoms with Crippen molar-refractivity contribution in [3.63, 3.8) is 0 Å². The number of aromatic nitrogens is 2. The van der Waals surface area contributed by atoms with Gasteiger partial charge in [-0.3, -0.25) is 4.90 Å². The number of anilines is 2. The molecule has 0 saturated heterocycles. The molecule has 0 bridgehead atoms.